The highest BCUT2D eigenvalue weighted by atomic mass is 35.5. The zero-order valence-corrected chi connectivity index (χ0v) is 17.7. The number of halogens is 1. The maximum atomic E-state index is 12.9. The molecule has 0 aliphatic carbocycles. The van der Waals surface area contributed by atoms with E-state index in [4.69, 9.17) is 20.9 Å². The lowest BCUT2D eigenvalue weighted by atomic mass is 9.73. The molecule has 1 unspecified atom stereocenters. The van der Waals surface area contributed by atoms with Crippen LogP contribution in [-0.4, -0.2) is 73.6 Å². The van der Waals surface area contributed by atoms with Gasteiger partial charge in [-0.15, -0.1) is 11.3 Å². The Morgan fingerprint density at radius 3 is 2.75 bits per heavy atom. The summed E-state index contributed by atoms with van der Waals surface area (Å²) in [5, 5.41) is 3.85. The monoisotopic (exact) mass is 446 g/mol. The second-order valence-electron chi connectivity index (χ2n) is 7.13. The highest BCUT2D eigenvalue weighted by molar-refractivity contribution is 7.91. The summed E-state index contributed by atoms with van der Waals surface area (Å²) in [7, 11) is -2.16. The number of carbonyl (C=O) groups is 1. The van der Waals surface area contributed by atoms with E-state index in [1.54, 1.807) is 17.9 Å². The van der Waals surface area contributed by atoms with Crippen LogP contribution in [0.4, 0.5) is 0 Å². The highest BCUT2D eigenvalue weighted by Crippen LogP contribution is 2.50. The van der Waals surface area contributed by atoms with Crippen LogP contribution >= 0.6 is 22.9 Å². The molecule has 9 nitrogen and oxygen atoms in total. The van der Waals surface area contributed by atoms with Gasteiger partial charge in [-0.2, -0.15) is 9.29 Å². The van der Waals surface area contributed by atoms with E-state index in [0.29, 0.717) is 29.1 Å². The SMILES string of the molecule is COCC(=O)N1CC(c2nc(C)no2)C2(C1)CN(S(=O)(=O)c1ccc(Cl)s1)C2. The van der Waals surface area contributed by atoms with E-state index in [9.17, 15) is 13.2 Å². The number of methoxy groups -OCH3 is 1. The van der Waals surface area contributed by atoms with E-state index < -0.39 is 15.4 Å². The minimum Gasteiger partial charge on any atom is -0.375 e. The lowest BCUT2D eigenvalue weighted by Crippen LogP contribution is -2.61. The molecule has 1 amide bonds. The Morgan fingerprint density at radius 1 is 1.43 bits per heavy atom. The zero-order valence-electron chi connectivity index (χ0n) is 15.3. The third-order valence-corrected chi connectivity index (χ3v) is 8.73. The fourth-order valence-electron chi connectivity index (χ4n) is 3.88. The molecule has 1 atom stereocenters. The molecule has 2 aromatic heterocycles. The number of hydrogen-bond donors (Lipinski definition) is 0. The molecular weight excluding hydrogens is 428 g/mol. The lowest BCUT2D eigenvalue weighted by molar-refractivity contribution is -0.134. The van der Waals surface area contributed by atoms with E-state index in [1.165, 1.54) is 17.5 Å². The Bertz CT molecular complexity index is 998. The van der Waals surface area contributed by atoms with Gasteiger partial charge in [-0.25, -0.2) is 8.42 Å². The molecule has 2 saturated heterocycles. The molecule has 2 aromatic rings. The minimum absolute atomic E-state index is 0.0264. The quantitative estimate of drug-likeness (QED) is 0.682. The number of thiophene rings is 1. The molecule has 2 aliphatic heterocycles. The molecule has 12 heteroatoms. The Hall–Kier alpha value is -1.53. The van der Waals surface area contributed by atoms with Gasteiger partial charge in [-0.05, 0) is 19.1 Å². The molecule has 152 valence electrons. The fourth-order valence-corrected chi connectivity index (χ4v) is 7.15. The Morgan fingerprint density at radius 2 is 2.18 bits per heavy atom. The summed E-state index contributed by atoms with van der Waals surface area (Å²) in [5.74, 6) is 0.560. The first-order valence-corrected chi connectivity index (χ1v) is 11.2. The van der Waals surface area contributed by atoms with Gasteiger partial charge in [0.05, 0.1) is 10.3 Å². The number of aryl methyl sites for hydroxylation is 1. The van der Waals surface area contributed by atoms with Crippen LogP contribution in [0.25, 0.3) is 0 Å². The number of nitrogens with zero attached hydrogens (tertiary/aromatic N) is 4. The predicted molar refractivity (Wildman–Crippen MR) is 101 cm³/mol. The van der Waals surface area contributed by atoms with Gasteiger partial charge in [-0.1, -0.05) is 16.8 Å². The average Bonchev–Trinajstić information content (AvgIpc) is 3.31. The first kappa shape index (κ1) is 19.8. The standard InChI is InChI=1S/C16H19ClN4O5S2/c1-10-18-15(26-19-10)11-5-20(13(22)6-25-2)7-16(11)8-21(9-16)28(23,24)14-4-3-12(17)27-14/h3-4,11H,5-9H2,1-2H3. The van der Waals surface area contributed by atoms with Crippen LogP contribution in [0.5, 0.6) is 0 Å². The highest BCUT2D eigenvalue weighted by Gasteiger charge is 2.60. The summed E-state index contributed by atoms with van der Waals surface area (Å²) in [6, 6.07) is 3.08. The Balaban J connectivity index is 1.59. The molecule has 0 aromatic carbocycles. The second kappa shape index (κ2) is 7.06. The average molecular weight is 447 g/mol. The third kappa shape index (κ3) is 3.24. The van der Waals surface area contributed by atoms with Crippen LogP contribution in [0.3, 0.4) is 0 Å². The van der Waals surface area contributed by atoms with Crippen molar-refractivity contribution in [1.82, 2.24) is 19.3 Å². The number of aromatic nitrogens is 2. The number of hydrogen-bond acceptors (Lipinski definition) is 8. The van der Waals surface area contributed by atoms with Crippen molar-refractivity contribution >= 4 is 38.9 Å². The van der Waals surface area contributed by atoms with Crippen molar-refractivity contribution in [2.24, 2.45) is 5.41 Å². The summed E-state index contributed by atoms with van der Waals surface area (Å²) < 4.78 is 38.1. The molecule has 0 N–H and O–H groups in total. The number of carbonyl (C=O) groups excluding carboxylic acids is 1. The predicted octanol–water partition coefficient (Wildman–Crippen LogP) is 1.36. The van der Waals surface area contributed by atoms with Crippen LogP contribution < -0.4 is 0 Å². The Labute approximate surface area is 171 Å². The van der Waals surface area contributed by atoms with Crippen LogP contribution in [0, 0.1) is 12.3 Å². The van der Waals surface area contributed by atoms with E-state index in [0.717, 1.165) is 11.3 Å². The van der Waals surface area contributed by atoms with E-state index in [2.05, 4.69) is 10.1 Å². The molecule has 1 spiro atoms. The van der Waals surface area contributed by atoms with E-state index >= 15 is 0 Å². The molecule has 0 bridgehead atoms. The largest absolute Gasteiger partial charge is 0.375 e. The van der Waals surface area contributed by atoms with Crippen molar-refractivity contribution in [3.63, 3.8) is 0 Å². The van der Waals surface area contributed by atoms with Crippen LogP contribution in [0.15, 0.2) is 20.9 Å². The van der Waals surface area contributed by atoms with E-state index in [1.807, 2.05) is 0 Å². The van der Waals surface area contributed by atoms with E-state index in [-0.39, 0.29) is 35.7 Å². The van der Waals surface area contributed by atoms with Gasteiger partial charge >= 0.3 is 0 Å². The van der Waals surface area contributed by atoms with Gasteiger partial charge in [0, 0.05) is 38.7 Å². The lowest BCUT2D eigenvalue weighted by Gasteiger charge is -2.48. The number of ether oxygens (including phenoxy) is 1. The summed E-state index contributed by atoms with van der Waals surface area (Å²) in [5.41, 5.74) is -0.462. The molecule has 4 heterocycles. The molecule has 0 radical (unpaired) electrons. The summed E-state index contributed by atoms with van der Waals surface area (Å²) in [6.45, 7) is 3.05. The molecule has 2 aliphatic rings. The van der Waals surface area contributed by atoms with Crippen LogP contribution in [0.1, 0.15) is 17.6 Å². The molecular formula is C16H19ClN4O5S2. The normalized spacial score (nSPS) is 22.0. The van der Waals surface area contributed by atoms with Gasteiger partial charge in [-0.3, -0.25) is 4.79 Å². The summed E-state index contributed by atoms with van der Waals surface area (Å²) in [4.78, 5) is 18.4. The van der Waals surface area contributed by atoms with Crippen molar-refractivity contribution in [2.75, 3.05) is 39.9 Å². The van der Waals surface area contributed by atoms with Crippen molar-refractivity contribution in [3.8, 4) is 0 Å². The van der Waals surface area contributed by atoms with Crippen LogP contribution in [-0.2, 0) is 19.6 Å². The van der Waals surface area contributed by atoms with Crippen molar-refractivity contribution in [1.29, 1.82) is 0 Å². The topological polar surface area (TPSA) is 106 Å². The first-order chi connectivity index (χ1) is 13.2. The maximum absolute atomic E-state index is 12.9. The van der Waals surface area contributed by atoms with Gasteiger partial charge in [0.1, 0.15) is 10.8 Å². The smallest absolute Gasteiger partial charge is 0.252 e. The number of rotatable bonds is 5. The molecule has 2 fully saturated rings. The Kier molecular flexibility index (Phi) is 4.99. The van der Waals surface area contributed by atoms with Crippen molar-refractivity contribution in [3.05, 3.63) is 28.2 Å². The van der Waals surface area contributed by atoms with Gasteiger partial charge < -0.3 is 14.2 Å². The minimum atomic E-state index is -3.62. The number of amides is 1. The summed E-state index contributed by atoms with van der Waals surface area (Å²) >= 11 is 6.92. The maximum Gasteiger partial charge on any atom is 0.252 e. The molecule has 4 rings (SSSR count). The number of likely N-dealkylation sites (tertiary alicyclic amines) is 1. The van der Waals surface area contributed by atoms with Crippen molar-refractivity contribution < 1.29 is 22.5 Å². The van der Waals surface area contributed by atoms with Gasteiger partial charge in [0.25, 0.3) is 10.0 Å². The zero-order chi connectivity index (χ0) is 20.1. The van der Waals surface area contributed by atoms with Gasteiger partial charge in [0.2, 0.25) is 11.8 Å². The number of sulfonamides is 1. The van der Waals surface area contributed by atoms with Gasteiger partial charge in [0.15, 0.2) is 5.82 Å². The van der Waals surface area contributed by atoms with Crippen LogP contribution in [0.2, 0.25) is 4.34 Å². The first-order valence-electron chi connectivity index (χ1n) is 8.57. The molecule has 0 saturated carbocycles. The third-order valence-electron chi connectivity index (χ3n) is 5.24. The summed E-state index contributed by atoms with van der Waals surface area (Å²) in [6.07, 6.45) is 0. The molecule has 28 heavy (non-hydrogen) atoms. The van der Waals surface area contributed by atoms with Crippen molar-refractivity contribution in [2.45, 2.75) is 17.1 Å². The fraction of sp³-hybridized carbons (Fsp3) is 0.562. The second-order valence-corrected chi connectivity index (χ2v) is 11.0.